The van der Waals surface area contributed by atoms with E-state index in [0.717, 1.165) is 19.4 Å². The minimum Gasteiger partial charge on any atom is -0.393 e. The normalized spacial score (nSPS) is 10.5. The number of nitrogens with one attached hydrogen (secondary N) is 1. The number of nitrogen functional groups attached to an aromatic ring is 1. The van der Waals surface area contributed by atoms with E-state index in [1.165, 1.54) is 29.5 Å². The number of anilines is 2. The van der Waals surface area contributed by atoms with Gasteiger partial charge in [0, 0.05) is 18.2 Å². The average Bonchev–Trinajstić information content (AvgIpc) is 2.88. The van der Waals surface area contributed by atoms with Crippen molar-refractivity contribution in [1.29, 1.82) is 0 Å². The van der Waals surface area contributed by atoms with E-state index in [9.17, 15) is 14.9 Å². The molecule has 2 aromatic rings. The second-order valence-corrected chi connectivity index (χ2v) is 6.07. The van der Waals surface area contributed by atoms with Crippen LogP contribution in [0.4, 0.5) is 16.5 Å². The third-order valence-corrected chi connectivity index (χ3v) is 4.41. The Morgan fingerprint density at radius 3 is 2.87 bits per heavy atom. The van der Waals surface area contributed by atoms with Crippen LogP contribution in [0.2, 0.25) is 0 Å². The third kappa shape index (κ3) is 3.84. The molecule has 1 aromatic heterocycles. The molecule has 0 atom stereocenters. The summed E-state index contributed by atoms with van der Waals surface area (Å²) >= 11 is 1.26. The zero-order valence-corrected chi connectivity index (χ0v) is 13.8. The number of nitrogens with two attached hydrogens (primary N) is 1. The van der Waals surface area contributed by atoms with E-state index in [1.807, 2.05) is 0 Å². The molecule has 0 fully saturated rings. The number of rotatable bonds is 7. The van der Waals surface area contributed by atoms with Gasteiger partial charge in [-0.3, -0.25) is 14.9 Å². The summed E-state index contributed by atoms with van der Waals surface area (Å²) in [4.78, 5) is 27.7. The van der Waals surface area contributed by atoms with Crippen LogP contribution < -0.4 is 11.1 Å². The zero-order chi connectivity index (χ0) is 17.0. The molecule has 0 amide bonds. The van der Waals surface area contributed by atoms with Gasteiger partial charge in [0.25, 0.3) is 5.69 Å². The second kappa shape index (κ2) is 7.19. The summed E-state index contributed by atoms with van der Waals surface area (Å²) in [5, 5.41) is 14.8. The molecule has 0 spiro atoms. The second-order valence-electron chi connectivity index (χ2n) is 5.07. The first-order valence-corrected chi connectivity index (χ1v) is 8.05. The van der Waals surface area contributed by atoms with Crippen molar-refractivity contribution in [3.63, 3.8) is 0 Å². The maximum atomic E-state index is 12.6. The molecule has 0 unspecified atom stereocenters. The van der Waals surface area contributed by atoms with Crippen LogP contribution in [0, 0.1) is 17.0 Å². The number of hydrogen-bond acceptors (Lipinski definition) is 7. The van der Waals surface area contributed by atoms with Crippen LogP contribution in [-0.2, 0) is 0 Å². The first kappa shape index (κ1) is 16.9. The largest absolute Gasteiger partial charge is 0.393 e. The highest BCUT2D eigenvalue weighted by Crippen LogP contribution is 2.28. The first-order chi connectivity index (χ1) is 10.9. The fourth-order valence-electron chi connectivity index (χ4n) is 2.03. The number of hydrogen-bond donors (Lipinski definition) is 2. The smallest absolute Gasteiger partial charge is 0.292 e. The lowest BCUT2D eigenvalue weighted by atomic mass is 10.1. The number of nitrogens with zero attached hydrogens (tertiary/aromatic N) is 2. The maximum absolute atomic E-state index is 12.6. The number of carbonyl (C=O) groups excluding carboxylic acids is 1. The van der Waals surface area contributed by atoms with Crippen LogP contribution in [0.5, 0.6) is 0 Å². The van der Waals surface area contributed by atoms with E-state index in [2.05, 4.69) is 17.2 Å². The number of carbonyl (C=O) groups is 1. The van der Waals surface area contributed by atoms with Crippen LogP contribution in [0.25, 0.3) is 0 Å². The molecular weight excluding hydrogens is 316 g/mol. The minimum atomic E-state index is -0.594. The van der Waals surface area contributed by atoms with Crippen LogP contribution in [-0.4, -0.2) is 22.2 Å². The monoisotopic (exact) mass is 334 g/mol. The van der Waals surface area contributed by atoms with Crippen LogP contribution >= 0.6 is 11.3 Å². The molecule has 1 aromatic carbocycles. The van der Waals surface area contributed by atoms with Crippen LogP contribution in [0.15, 0.2) is 18.2 Å². The van der Waals surface area contributed by atoms with Gasteiger partial charge in [-0.2, -0.15) is 0 Å². The van der Waals surface area contributed by atoms with Gasteiger partial charge in [-0.05, 0) is 25.5 Å². The highest BCUT2D eigenvalue weighted by molar-refractivity contribution is 7.17. The Morgan fingerprint density at radius 1 is 1.48 bits per heavy atom. The summed E-state index contributed by atoms with van der Waals surface area (Å²) in [6, 6.07) is 4.08. The molecule has 8 heteroatoms. The van der Waals surface area contributed by atoms with Crippen molar-refractivity contribution in [3.8, 4) is 0 Å². The number of unbranched alkanes of at least 4 members (excludes halogenated alkanes) is 1. The maximum Gasteiger partial charge on any atom is 0.292 e. The Balaban J connectivity index is 2.27. The minimum absolute atomic E-state index is 0.0366. The van der Waals surface area contributed by atoms with Gasteiger partial charge in [-0.15, -0.1) is 0 Å². The topological polar surface area (TPSA) is 111 Å². The molecule has 0 aliphatic heterocycles. The number of aryl methyl sites for hydroxylation is 1. The average molecular weight is 334 g/mol. The molecule has 0 radical (unpaired) electrons. The Labute approximate surface area is 137 Å². The molecular formula is C15H18N4O3S. The SMILES string of the molecule is CCCCNc1nc(C)c(C(=O)c2ccc(N)c([N+](=O)[O-])c2)s1. The van der Waals surface area contributed by atoms with Crippen molar-refractivity contribution in [3.05, 3.63) is 44.4 Å². The summed E-state index contributed by atoms with van der Waals surface area (Å²) in [5.41, 5.74) is 6.17. The summed E-state index contributed by atoms with van der Waals surface area (Å²) in [7, 11) is 0. The Bertz CT molecular complexity index is 742. The Kier molecular flexibility index (Phi) is 5.28. The molecule has 7 nitrogen and oxygen atoms in total. The van der Waals surface area contributed by atoms with Gasteiger partial charge in [-0.1, -0.05) is 24.7 Å². The molecule has 0 aliphatic carbocycles. The predicted octanol–water partition coefficient (Wildman–Crippen LogP) is 3.38. The van der Waals surface area contributed by atoms with Gasteiger partial charge in [0.2, 0.25) is 5.78 Å². The number of nitro groups is 1. The first-order valence-electron chi connectivity index (χ1n) is 7.24. The highest BCUT2D eigenvalue weighted by atomic mass is 32.1. The van der Waals surface area contributed by atoms with E-state index in [0.29, 0.717) is 15.7 Å². The standard InChI is InChI=1S/C15H18N4O3S/c1-3-4-7-17-15-18-9(2)14(23-15)13(20)10-5-6-11(16)12(8-10)19(21)22/h5-6,8H,3-4,7,16H2,1-2H3,(H,17,18). The number of aromatic nitrogens is 1. The highest BCUT2D eigenvalue weighted by Gasteiger charge is 2.20. The van der Waals surface area contributed by atoms with Crippen LogP contribution in [0.3, 0.4) is 0 Å². The summed E-state index contributed by atoms with van der Waals surface area (Å²) in [6.07, 6.45) is 2.09. The summed E-state index contributed by atoms with van der Waals surface area (Å²) in [5.74, 6) is -0.286. The van der Waals surface area contributed by atoms with E-state index >= 15 is 0 Å². The van der Waals surface area contributed by atoms with Crippen LogP contribution in [0.1, 0.15) is 40.7 Å². The van der Waals surface area contributed by atoms with Crippen molar-refractivity contribution in [2.45, 2.75) is 26.7 Å². The van der Waals surface area contributed by atoms with Gasteiger partial charge in [0.1, 0.15) is 5.69 Å². The molecule has 0 aliphatic rings. The van der Waals surface area contributed by atoms with Crippen molar-refractivity contribution in [1.82, 2.24) is 4.98 Å². The Hall–Kier alpha value is -2.48. The van der Waals surface area contributed by atoms with Gasteiger partial charge >= 0.3 is 0 Å². The lowest BCUT2D eigenvalue weighted by Gasteiger charge is -2.01. The molecule has 3 N–H and O–H groups in total. The van der Waals surface area contributed by atoms with E-state index in [-0.39, 0.29) is 22.7 Å². The fourth-order valence-corrected chi connectivity index (χ4v) is 2.98. The van der Waals surface area contributed by atoms with Crippen molar-refractivity contribution >= 4 is 33.6 Å². The molecule has 122 valence electrons. The summed E-state index contributed by atoms with van der Waals surface area (Å²) < 4.78 is 0. The van der Waals surface area contributed by atoms with Crippen molar-refractivity contribution < 1.29 is 9.72 Å². The quantitative estimate of drug-likeness (QED) is 0.264. The molecule has 0 bridgehead atoms. The van der Waals surface area contributed by atoms with E-state index < -0.39 is 4.92 Å². The number of benzene rings is 1. The lowest BCUT2D eigenvalue weighted by Crippen LogP contribution is -2.03. The van der Waals surface area contributed by atoms with Crippen molar-refractivity contribution in [2.24, 2.45) is 0 Å². The number of thiazole rings is 1. The van der Waals surface area contributed by atoms with Crippen molar-refractivity contribution in [2.75, 3.05) is 17.6 Å². The number of nitro benzene ring substituents is 1. The van der Waals surface area contributed by atoms with Gasteiger partial charge in [-0.25, -0.2) is 4.98 Å². The molecule has 0 saturated heterocycles. The predicted molar refractivity (Wildman–Crippen MR) is 91.2 cm³/mol. The number of ketones is 1. The molecule has 0 saturated carbocycles. The zero-order valence-electron chi connectivity index (χ0n) is 13.0. The molecule has 2 rings (SSSR count). The third-order valence-electron chi connectivity index (χ3n) is 3.30. The fraction of sp³-hybridized carbons (Fsp3) is 0.333. The Morgan fingerprint density at radius 2 is 2.22 bits per heavy atom. The lowest BCUT2D eigenvalue weighted by molar-refractivity contribution is -0.383. The van der Waals surface area contributed by atoms with E-state index in [1.54, 1.807) is 6.92 Å². The van der Waals surface area contributed by atoms with Gasteiger partial charge < -0.3 is 11.1 Å². The van der Waals surface area contributed by atoms with Gasteiger partial charge in [0.15, 0.2) is 5.13 Å². The summed E-state index contributed by atoms with van der Waals surface area (Å²) in [6.45, 7) is 4.64. The van der Waals surface area contributed by atoms with Gasteiger partial charge in [0.05, 0.1) is 15.5 Å². The van der Waals surface area contributed by atoms with E-state index in [4.69, 9.17) is 5.73 Å². The molecule has 23 heavy (non-hydrogen) atoms. The molecule has 1 heterocycles.